The minimum Gasteiger partial charge on any atom is -0.481 e. The Balaban J connectivity index is 2.15. The van der Waals surface area contributed by atoms with Crippen LogP contribution in [0.25, 0.3) is 0 Å². The largest absolute Gasteiger partial charge is 0.481 e. The SMILES string of the molecule is CC1(C)[C@H](C(=O)O)[C@@H]1C(=O)N[C@@H](CC(=O)O)c1ccc(F)cc1. The second kappa shape index (κ2) is 5.98. The summed E-state index contributed by atoms with van der Waals surface area (Å²) in [6.07, 6.45) is -0.373. The number of nitrogens with one attached hydrogen (secondary N) is 1. The lowest BCUT2D eigenvalue weighted by atomic mass is 10.0. The number of amides is 1. The molecule has 0 saturated heterocycles. The summed E-state index contributed by atoms with van der Waals surface area (Å²) in [7, 11) is 0. The number of hydrogen-bond acceptors (Lipinski definition) is 3. The summed E-state index contributed by atoms with van der Waals surface area (Å²) in [6, 6.07) is 4.31. The van der Waals surface area contributed by atoms with Gasteiger partial charge in [0.1, 0.15) is 5.82 Å². The van der Waals surface area contributed by atoms with Gasteiger partial charge in [0, 0.05) is 0 Å². The number of halogens is 1. The van der Waals surface area contributed by atoms with Crippen LogP contribution >= 0.6 is 0 Å². The van der Waals surface area contributed by atoms with E-state index in [9.17, 15) is 18.8 Å². The summed E-state index contributed by atoms with van der Waals surface area (Å²) in [4.78, 5) is 34.5. The van der Waals surface area contributed by atoms with E-state index in [1.807, 2.05) is 0 Å². The zero-order valence-corrected chi connectivity index (χ0v) is 12.7. The molecule has 6 nitrogen and oxygen atoms in total. The fourth-order valence-electron chi connectivity index (χ4n) is 2.97. The number of carboxylic acids is 2. The van der Waals surface area contributed by atoms with Crippen LogP contribution in [0.2, 0.25) is 0 Å². The number of carboxylic acid groups (broad SMARTS) is 2. The topological polar surface area (TPSA) is 104 Å². The number of hydrogen-bond donors (Lipinski definition) is 3. The molecule has 0 unspecified atom stereocenters. The van der Waals surface area contributed by atoms with Gasteiger partial charge < -0.3 is 15.5 Å². The molecule has 2 rings (SSSR count). The van der Waals surface area contributed by atoms with E-state index >= 15 is 0 Å². The predicted octanol–water partition coefficient (Wildman–Crippen LogP) is 1.81. The van der Waals surface area contributed by atoms with E-state index in [1.165, 1.54) is 24.3 Å². The third-order valence-corrected chi connectivity index (χ3v) is 4.34. The first-order chi connectivity index (χ1) is 10.6. The molecule has 1 amide bonds. The summed E-state index contributed by atoms with van der Waals surface area (Å²) in [6.45, 7) is 3.36. The molecular weight excluding hydrogens is 305 g/mol. The molecule has 3 atom stereocenters. The van der Waals surface area contributed by atoms with Gasteiger partial charge in [-0.3, -0.25) is 14.4 Å². The molecule has 1 aliphatic rings. The third-order valence-electron chi connectivity index (χ3n) is 4.34. The summed E-state index contributed by atoms with van der Waals surface area (Å²) >= 11 is 0. The molecule has 1 aromatic carbocycles. The third kappa shape index (κ3) is 3.49. The van der Waals surface area contributed by atoms with Crippen molar-refractivity contribution in [2.24, 2.45) is 17.3 Å². The van der Waals surface area contributed by atoms with Crippen molar-refractivity contribution >= 4 is 17.8 Å². The highest BCUT2D eigenvalue weighted by molar-refractivity contribution is 5.92. The van der Waals surface area contributed by atoms with E-state index in [4.69, 9.17) is 10.2 Å². The van der Waals surface area contributed by atoms with Crippen LogP contribution in [0.4, 0.5) is 4.39 Å². The second-order valence-electron chi connectivity index (χ2n) is 6.33. The van der Waals surface area contributed by atoms with Gasteiger partial charge >= 0.3 is 11.9 Å². The molecule has 0 aromatic heterocycles. The zero-order valence-electron chi connectivity index (χ0n) is 12.7. The molecule has 0 bridgehead atoms. The quantitative estimate of drug-likeness (QED) is 0.741. The molecular formula is C16H18FNO5. The second-order valence-corrected chi connectivity index (χ2v) is 6.33. The van der Waals surface area contributed by atoms with E-state index in [2.05, 4.69) is 5.32 Å². The highest BCUT2D eigenvalue weighted by atomic mass is 19.1. The van der Waals surface area contributed by atoms with Crippen LogP contribution in [-0.2, 0) is 14.4 Å². The molecule has 1 fully saturated rings. The maximum atomic E-state index is 13.0. The Bertz CT molecular complexity index is 640. The first-order valence-electron chi connectivity index (χ1n) is 7.15. The fraction of sp³-hybridized carbons (Fsp3) is 0.438. The van der Waals surface area contributed by atoms with Crippen LogP contribution in [0, 0.1) is 23.1 Å². The van der Waals surface area contributed by atoms with Gasteiger partial charge in [-0.25, -0.2) is 4.39 Å². The van der Waals surface area contributed by atoms with Crippen LogP contribution in [0.15, 0.2) is 24.3 Å². The Hall–Kier alpha value is -2.44. The van der Waals surface area contributed by atoms with Gasteiger partial charge in [0.15, 0.2) is 0 Å². The minimum absolute atomic E-state index is 0.373. The average Bonchev–Trinajstić information content (AvgIpc) is 3.01. The van der Waals surface area contributed by atoms with Crippen LogP contribution in [0.1, 0.15) is 31.9 Å². The molecule has 23 heavy (non-hydrogen) atoms. The summed E-state index contributed by atoms with van der Waals surface area (Å²) < 4.78 is 13.0. The van der Waals surface area contributed by atoms with Gasteiger partial charge in [0.05, 0.1) is 24.3 Å². The molecule has 7 heteroatoms. The van der Waals surface area contributed by atoms with Crippen LogP contribution in [0.5, 0.6) is 0 Å². The van der Waals surface area contributed by atoms with E-state index in [0.717, 1.165) is 0 Å². The molecule has 0 aliphatic heterocycles. The Morgan fingerprint density at radius 3 is 2.17 bits per heavy atom. The van der Waals surface area contributed by atoms with Crippen molar-refractivity contribution in [3.63, 3.8) is 0 Å². The van der Waals surface area contributed by atoms with E-state index in [-0.39, 0.29) is 6.42 Å². The van der Waals surface area contributed by atoms with Gasteiger partial charge in [-0.05, 0) is 23.1 Å². The van der Waals surface area contributed by atoms with Gasteiger partial charge in [-0.15, -0.1) is 0 Å². The number of carbonyl (C=O) groups excluding carboxylic acids is 1. The van der Waals surface area contributed by atoms with Crippen molar-refractivity contribution in [2.45, 2.75) is 26.3 Å². The number of carbonyl (C=O) groups is 3. The van der Waals surface area contributed by atoms with E-state index in [1.54, 1.807) is 13.8 Å². The van der Waals surface area contributed by atoms with Crippen molar-refractivity contribution in [2.75, 3.05) is 0 Å². The van der Waals surface area contributed by atoms with Crippen molar-refractivity contribution in [3.05, 3.63) is 35.6 Å². The molecule has 124 valence electrons. The lowest BCUT2D eigenvalue weighted by molar-refractivity contribution is -0.141. The van der Waals surface area contributed by atoms with Crippen molar-refractivity contribution in [1.82, 2.24) is 5.32 Å². The maximum absolute atomic E-state index is 13.0. The Labute approximate surface area is 132 Å². The Morgan fingerprint density at radius 2 is 1.74 bits per heavy atom. The highest BCUT2D eigenvalue weighted by Gasteiger charge is 2.66. The fourth-order valence-corrected chi connectivity index (χ4v) is 2.97. The van der Waals surface area contributed by atoms with Crippen LogP contribution in [0.3, 0.4) is 0 Å². The number of aliphatic carboxylic acids is 2. The number of benzene rings is 1. The molecule has 1 saturated carbocycles. The maximum Gasteiger partial charge on any atom is 0.307 e. The zero-order chi connectivity index (χ0) is 17.4. The molecule has 1 aromatic rings. The van der Waals surface area contributed by atoms with Crippen molar-refractivity contribution in [3.8, 4) is 0 Å². The lowest BCUT2D eigenvalue weighted by Gasteiger charge is -2.18. The predicted molar refractivity (Wildman–Crippen MR) is 77.9 cm³/mol. The molecule has 0 radical (unpaired) electrons. The summed E-state index contributed by atoms with van der Waals surface area (Å²) in [5.74, 6) is -4.64. The van der Waals surface area contributed by atoms with Crippen molar-refractivity contribution in [1.29, 1.82) is 0 Å². The molecule has 0 spiro atoms. The monoisotopic (exact) mass is 323 g/mol. The normalized spacial score (nSPS) is 22.9. The van der Waals surface area contributed by atoms with Gasteiger partial charge in [0.2, 0.25) is 5.91 Å². The van der Waals surface area contributed by atoms with Crippen LogP contribution < -0.4 is 5.32 Å². The molecule has 1 aliphatic carbocycles. The van der Waals surface area contributed by atoms with Gasteiger partial charge in [-0.2, -0.15) is 0 Å². The van der Waals surface area contributed by atoms with Crippen LogP contribution in [-0.4, -0.2) is 28.1 Å². The highest BCUT2D eigenvalue weighted by Crippen LogP contribution is 2.58. The lowest BCUT2D eigenvalue weighted by Crippen LogP contribution is -2.32. The minimum atomic E-state index is -1.12. The summed E-state index contributed by atoms with van der Waals surface area (Å²) in [5.41, 5.74) is -0.223. The molecule has 3 N–H and O–H groups in total. The van der Waals surface area contributed by atoms with E-state index < -0.39 is 47.0 Å². The Morgan fingerprint density at radius 1 is 1.17 bits per heavy atom. The summed E-state index contributed by atoms with van der Waals surface area (Å²) in [5, 5.41) is 20.7. The first kappa shape index (κ1) is 16.9. The first-order valence-corrected chi connectivity index (χ1v) is 7.15. The van der Waals surface area contributed by atoms with E-state index in [0.29, 0.717) is 5.56 Å². The van der Waals surface area contributed by atoms with Crippen molar-refractivity contribution < 1.29 is 29.0 Å². The van der Waals surface area contributed by atoms with Gasteiger partial charge in [0.25, 0.3) is 0 Å². The standard InChI is InChI=1S/C16H18FNO5/c1-16(2)12(13(16)15(22)23)14(21)18-10(7-11(19)20)8-3-5-9(17)6-4-8/h3-6,10,12-13H,7H2,1-2H3,(H,18,21)(H,19,20)(H,22,23)/t10-,12+,13-/m0/s1. The molecule has 0 heterocycles. The smallest absolute Gasteiger partial charge is 0.307 e. The Kier molecular flexibility index (Phi) is 4.40. The number of rotatable bonds is 6. The van der Waals surface area contributed by atoms with Gasteiger partial charge in [-0.1, -0.05) is 26.0 Å². The average molecular weight is 323 g/mol.